The van der Waals surface area contributed by atoms with E-state index in [0.29, 0.717) is 11.5 Å². The summed E-state index contributed by atoms with van der Waals surface area (Å²) in [7, 11) is 1.88. The molecule has 0 radical (unpaired) electrons. The predicted molar refractivity (Wildman–Crippen MR) is 81.4 cm³/mol. The third-order valence-electron chi connectivity index (χ3n) is 2.71. The van der Waals surface area contributed by atoms with Crippen molar-refractivity contribution in [2.24, 2.45) is 5.73 Å². The van der Waals surface area contributed by atoms with Gasteiger partial charge in [-0.15, -0.1) is 0 Å². The summed E-state index contributed by atoms with van der Waals surface area (Å²) in [5.41, 5.74) is 6.79. The molecule has 0 spiro atoms. The van der Waals surface area contributed by atoms with Crippen LogP contribution in [0.4, 0.5) is 0 Å². The monoisotopic (exact) mass is 282 g/mol. The van der Waals surface area contributed by atoms with Gasteiger partial charge in [0.1, 0.15) is 5.75 Å². The van der Waals surface area contributed by atoms with Crippen LogP contribution >= 0.6 is 12.2 Å². The first-order valence-corrected chi connectivity index (χ1v) is 6.73. The molecule has 0 aliphatic carbocycles. The smallest absolute Gasteiger partial charge is 0.120 e. The molecule has 1 atom stereocenters. The fraction of sp³-hybridized carbons (Fsp3) is 0.500. The van der Waals surface area contributed by atoms with Gasteiger partial charge in [-0.1, -0.05) is 24.4 Å². The Hall–Kier alpha value is -1.17. The minimum atomic E-state index is -0.196. The number of hydrogen-bond donors (Lipinski definition) is 2. The number of rotatable bonds is 7. The highest BCUT2D eigenvalue weighted by molar-refractivity contribution is 7.80. The van der Waals surface area contributed by atoms with Crippen LogP contribution in [0.2, 0.25) is 0 Å². The summed E-state index contributed by atoms with van der Waals surface area (Å²) < 4.78 is 5.67. The van der Waals surface area contributed by atoms with E-state index in [2.05, 4.69) is 0 Å². The molecule has 0 saturated carbocycles. The Kier molecular flexibility index (Phi) is 6.21. The fourth-order valence-corrected chi connectivity index (χ4v) is 2.27. The van der Waals surface area contributed by atoms with Gasteiger partial charge in [0.2, 0.25) is 0 Å². The molecule has 0 aromatic heterocycles. The standard InChI is InChI=1S/C14H22N2O2S/c1-10(2)18-12-6-4-5-11(9-12)13(14(15)19)16(3)7-8-17/h4-6,9-10,13,17H,7-8H2,1-3H3,(H2,15,19). The number of benzene rings is 1. The van der Waals surface area contributed by atoms with E-state index in [9.17, 15) is 0 Å². The van der Waals surface area contributed by atoms with Crippen molar-refractivity contribution in [2.45, 2.75) is 26.0 Å². The van der Waals surface area contributed by atoms with Crippen LogP contribution in [-0.2, 0) is 0 Å². The molecule has 5 heteroatoms. The molecule has 0 bridgehead atoms. The van der Waals surface area contributed by atoms with Crippen molar-refractivity contribution in [3.05, 3.63) is 29.8 Å². The van der Waals surface area contributed by atoms with Gasteiger partial charge in [-0.25, -0.2) is 0 Å². The van der Waals surface area contributed by atoms with Crippen molar-refractivity contribution >= 4 is 17.2 Å². The van der Waals surface area contributed by atoms with Gasteiger partial charge in [-0.05, 0) is 38.6 Å². The van der Waals surface area contributed by atoms with Gasteiger partial charge in [-0.3, -0.25) is 4.90 Å². The average Bonchev–Trinajstić information content (AvgIpc) is 2.28. The van der Waals surface area contributed by atoms with Gasteiger partial charge in [0.25, 0.3) is 0 Å². The third kappa shape index (κ3) is 4.78. The van der Waals surface area contributed by atoms with E-state index in [1.54, 1.807) is 0 Å². The minimum Gasteiger partial charge on any atom is -0.491 e. The molecule has 106 valence electrons. The lowest BCUT2D eigenvalue weighted by atomic mass is 10.1. The maximum Gasteiger partial charge on any atom is 0.120 e. The Labute approximate surface area is 120 Å². The molecule has 0 aliphatic heterocycles. The number of nitrogens with zero attached hydrogens (tertiary/aromatic N) is 1. The average molecular weight is 282 g/mol. The number of thiocarbonyl (C=S) groups is 1. The summed E-state index contributed by atoms with van der Waals surface area (Å²) in [5, 5.41) is 9.04. The second-order valence-corrected chi connectivity index (χ2v) is 5.22. The van der Waals surface area contributed by atoms with E-state index in [-0.39, 0.29) is 18.8 Å². The van der Waals surface area contributed by atoms with E-state index in [4.69, 9.17) is 27.8 Å². The Morgan fingerprint density at radius 2 is 2.16 bits per heavy atom. The molecule has 1 aromatic rings. The highest BCUT2D eigenvalue weighted by atomic mass is 32.1. The van der Waals surface area contributed by atoms with Crippen LogP contribution in [-0.4, -0.2) is 41.3 Å². The van der Waals surface area contributed by atoms with Crippen LogP contribution in [0.25, 0.3) is 0 Å². The van der Waals surface area contributed by atoms with E-state index in [1.165, 1.54) is 0 Å². The molecule has 1 aromatic carbocycles. The lowest BCUT2D eigenvalue weighted by Gasteiger charge is -2.27. The second kappa shape index (κ2) is 7.43. The van der Waals surface area contributed by atoms with Gasteiger partial charge in [0.05, 0.1) is 23.7 Å². The van der Waals surface area contributed by atoms with Crippen molar-refractivity contribution in [2.75, 3.05) is 20.2 Å². The molecule has 0 fully saturated rings. The number of nitrogens with two attached hydrogens (primary N) is 1. The van der Waals surface area contributed by atoms with Crippen LogP contribution < -0.4 is 10.5 Å². The number of aliphatic hydroxyl groups is 1. The molecule has 0 saturated heterocycles. The number of likely N-dealkylation sites (N-methyl/N-ethyl adjacent to an activating group) is 1. The lowest BCUT2D eigenvalue weighted by Crippen LogP contribution is -2.35. The largest absolute Gasteiger partial charge is 0.491 e. The van der Waals surface area contributed by atoms with Gasteiger partial charge < -0.3 is 15.6 Å². The zero-order chi connectivity index (χ0) is 14.4. The Balaban J connectivity index is 2.99. The van der Waals surface area contributed by atoms with Gasteiger partial charge in [-0.2, -0.15) is 0 Å². The summed E-state index contributed by atoms with van der Waals surface area (Å²) in [4.78, 5) is 2.31. The maximum absolute atomic E-state index is 9.04. The van der Waals surface area contributed by atoms with Crippen molar-refractivity contribution in [1.29, 1.82) is 0 Å². The third-order valence-corrected chi connectivity index (χ3v) is 2.93. The summed E-state index contributed by atoms with van der Waals surface area (Å²) >= 11 is 5.13. The van der Waals surface area contributed by atoms with Crippen LogP contribution in [0.1, 0.15) is 25.5 Å². The van der Waals surface area contributed by atoms with Crippen molar-refractivity contribution < 1.29 is 9.84 Å². The topological polar surface area (TPSA) is 58.7 Å². The SMILES string of the molecule is CC(C)Oc1cccc(C(C(N)=S)N(C)CCO)c1. The molecule has 3 N–H and O–H groups in total. The van der Waals surface area contributed by atoms with Crippen LogP contribution in [0.5, 0.6) is 5.75 Å². The summed E-state index contributed by atoms with van der Waals surface area (Å²) in [6, 6.07) is 7.54. The number of hydrogen-bond acceptors (Lipinski definition) is 4. The Morgan fingerprint density at radius 1 is 1.47 bits per heavy atom. The number of aliphatic hydroxyl groups excluding tert-OH is 1. The highest BCUT2D eigenvalue weighted by Gasteiger charge is 2.20. The molecular formula is C14H22N2O2S. The Bertz CT molecular complexity index is 424. The summed E-state index contributed by atoms with van der Waals surface area (Å²) in [5.74, 6) is 0.797. The van der Waals surface area contributed by atoms with Crippen molar-refractivity contribution in [1.82, 2.24) is 4.90 Å². The van der Waals surface area contributed by atoms with E-state index < -0.39 is 0 Å². The van der Waals surface area contributed by atoms with Gasteiger partial charge in [0.15, 0.2) is 0 Å². The van der Waals surface area contributed by atoms with Crippen molar-refractivity contribution in [3.63, 3.8) is 0 Å². The zero-order valence-electron chi connectivity index (χ0n) is 11.7. The quantitative estimate of drug-likeness (QED) is 0.746. The van der Waals surface area contributed by atoms with E-state index in [1.807, 2.05) is 50.1 Å². The summed E-state index contributed by atoms with van der Waals surface area (Å²) in [6.07, 6.45) is 0.119. The molecule has 0 aliphatic rings. The molecule has 1 unspecified atom stereocenters. The van der Waals surface area contributed by atoms with Gasteiger partial charge in [0, 0.05) is 6.54 Å². The van der Waals surface area contributed by atoms with Gasteiger partial charge >= 0.3 is 0 Å². The first-order chi connectivity index (χ1) is 8.95. The Morgan fingerprint density at radius 3 is 2.68 bits per heavy atom. The van der Waals surface area contributed by atoms with Crippen LogP contribution in [0.3, 0.4) is 0 Å². The molecule has 0 amide bonds. The predicted octanol–water partition coefficient (Wildman–Crippen LogP) is 1.73. The van der Waals surface area contributed by atoms with E-state index >= 15 is 0 Å². The second-order valence-electron chi connectivity index (χ2n) is 4.75. The lowest BCUT2D eigenvalue weighted by molar-refractivity contribution is 0.206. The molecule has 1 rings (SSSR count). The molecular weight excluding hydrogens is 260 g/mol. The first kappa shape index (κ1) is 15.9. The van der Waals surface area contributed by atoms with Crippen LogP contribution in [0, 0.1) is 0 Å². The van der Waals surface area contributed by atoms with E-state index in [0.717, 1.165) is 11.3 Å². The first-order valence-electron chi connectivity index (χ1n) is 6.32. The summed E-state index contributed by atoms with van der Waals surface area (Å²) in [6.45, 7) is 4.54. The molecule has 4 nitrogen and oxygen atoms in total. The fourth-order valence-electron chi connectivity index (χ4n) is 1.95. The molecule has 0 heterocycles. The molecule has 19 heavy (non-hydrogen) atoms. The highest BCUT2D eigenvalue weighted by Crippen LogP contribution is 2.24. The minimum absolute atomic E-state index is 0.0673. The normalized spacial score (nSPS) is 12.7. The van der Waals surface area contributed by atoms with Crippen molar-refractivity contribution in [3.8, 4) is 5.75 Å². The maximum atomic E-state index is 9.04. The van der Waals surface area contributed by atoms with Crippen LogP contribution in [0.15, 0.2) is 24.3 Å². The zero-order valence-corrected chi connectivity index (χ0v) is 12.5. The number of ether oxygens (including phenoxy) is 1.